The molecule has 0 unspecified atom stereocenters. The van der Waals surface area contributed by atoms with E-state index >= 15 is 0 Å². The molecule has 84 valence electrons. The van der Waals surface area contributed by atoms with Gasteiger partial charge < -0.3 is 5.11 Å². The van der Waals surface area contributed by atoms with Crippen molar-refractivity contribution in [2.75, 3.05) is 0 Å². The number of hydrogen-bond acceptors (Lipinski definition) is 1. The second-order valence-corrected chi connectivity index (χ2v) is 5.03. The lowest BCUT2D eigenvalue weighted by Gasteiger charge is -2.17. The standard InChI is InChI=1S/C13H13FO2/c14-9-2-1-8-7-13(3-4-13)11(6-12(15)16)10(8)5-9/h1-2,5,11H,3-4,6-7H2,(H,15,16)/t11-/m0/s1. The highest BCUT2D eigenvalue weighted by Crippen LogP contribution is 2.64. The molecule has 1 N–H and O–H groups in total. The van der Waals surface area contributed by atoms with Crippen LogP contribution < -0.4 is 0 Å². The van der Waals surface area contributed by atoms with E-state index in [1.807, 2.05) is 6.07 Å². The number of benzene rings is 1. The normalized spacial score (nSPS) is 24.4. The van der Waals surface area contributed by atoms with E-state index in [1.54, 1.807) is 0 Å². The molecule has 1 aromatic carbocycles. The predicted octanol–water partition coefficient (Wildman–Crippen LogP) is 2.72. The molecule has 1 saturated carbocycles. The average Bonchev–Trinajstić information content (AvgIpc) is 2.92. The van der Waals surface area contributed by atoms with Gasteiger partial charge in [0.15, 0.2) is 0 Å². The lowest BCUT2D eigenvalue weighted by molar-refractivity contribution is -0.137. The molecule has 16 heavy (non-hydrogen) atoms. The summed E-state index contributed by atoms with van der Waals surface area (Å²) in [6.45, 7) is 0. The minimum absolute atomic E-state index is 0.0238. The van der Waals surface area contributed by atoms with Gasteiger partial charge in [0.25, 0.3) is 0 Å². The number of carboxylic acids is 1. The van der Waals surface area contributed by atoms with Gasteiger partial charge in [-0.2, -0.15) is 0 Å². The van der Waals surface area contributed by atoms with Crippen molar-refractivity contribution in [1.29, 1.82) is 0 Å². The van der Waals surface area contributed by atoms with Gasteiger partial charge in [-0.3, -0.25) is 4.79 Å². The Morgan fingerprint density at radius 1 is 1.50 bits per heavy atom. The molecule has 2 nitrogen and oxygen atoms in total. The second-order valence-electron chi connectivity index (χ2n) is 5.03. The fourth-order valence-electron chi connectivity index (χ4n) is 3.07. The molecule has 0 saturated heterocycles. The van der Waals surface area contributed by atoms with E-state index < -0.39 is 5.97 Å². The number of hydrogen-bond donors (Lipinski definition) is 1. The zero-order valence-electron chi connectivity index (χ0n) is 8.87. The minimum atomic E-state index is -0.784. The summed E-state index contributed by atoms with van der Waals surface area (Å²) in [7, 11) is 0. The van der Waals surface area contributed by atoms with Crippen LogP contribution >= 0.6 is 0 Å². The van der Waals surface area contributed by atoms with Gasteiger partial charge >= 0.3 is 5.97 Å². The summed E-state index contributed by atoms with van der Waals surface area (Å²) in [6, 6.07) is 4.81. The molecule has 0 aliphatic heterocycles. The molecule has 0 bridgehead atoms. The van der Waals surface area contributed by atoms with Gasteiger partial charge in [-0.15, -0.1) is 0 Å². The van der Waals surface area contributed by atoms with Gasteiger partial charge in [0.1, 0.15) is 5.82 Å². The van der Waals surface area contributed by atoms with Gasteiger partial charge in [-0.25, -0.2) is 4.39 Å². The first-order chi connectivity index (χ1) is 7.61. The topological polar surface area (TPSA) is 37.3 Å². The molecule has 0 radical (unpaired) electrons. The van der Waals surface area contributed by atoms with E-state index in [9.17, 15) is 9.18 Å². The first kappa shape index (κ1) is 9.82. The van der Waals surface area contributed by atoms with Crippen LogP contribution in [-0.2, 0) is 11.2 Å². The first-order valence-corrected chi connectivity index (χ1v) is 5.61. The molecule has 1 atom stereocenters. The maximum atomic E-state index is 13.2. The van der Waals surface area contributed by atoms with Gasteiger partial charge in [-0.1, -0.05) is 6.07 Å². The summed E-state index contributed by atoms with van der Waals surface area (Å²) in [4.78, 5) is 10.9. The van der Waals surface area contributed by atoms with Crippen molar-refractivity contribution in [3.05, 3.63) is 35.1 Å². The van der Waals surface area contributed by atoms with Crippen LogP contribution in [0.2, 0.25) is 0 Å². The zero-order valence-corrected chi connectivity index (χ0v) is 8.87. The number of carbonyl (C=O) groups is 1. The Labute approximate surface area is 93.1 Å². The molecule has 0 aromatic heterocycles. The summed E-state index contributed by atoms with van der Waals surface area (Å²) in [5, 5.41) is 8.94. The van der Waals surface area contributed by atoms with Crippen LogP contribution in [-0.4, -0.2) is 11.1 Å². The van der Waals surface area contributed by atoms with Crippen molar-refractivity contribution in [3.63, 3.8) is 0 Å². The summed E-state index contributed by atoms with van der Waals surface area (Å²) in [6.07, 6.45) is 3.24. The summed E-state index contributed by atoms with van der Waals surface area (Å²) >= 11 is 0. The van der Waals surface area contributed by atoms with E-state index in [0.717, 1.165) is 30.4 Å². The molecular formula is C13H13FO2. The molecule has 1 fully saturated rings. The highest BCUT2D eigenvalue weighted by molar-refractivity contribution is 5.69. The quantitative estimate of drug-likeness (QED) is 0.832. The van der Waals surface area contributed by atoms with Crippen LogP contribution in [0.4, 0.5) is 4.39 Å². The molecule has 1 aromatic rings. The van der Waals surface area contributed by atoms with Gasteiger partial charge in [0.2, 0.25) is 0 Å². The average molecular weight is 220 g/mol. The van der Waals surface area contributed by atoms with Crippen molar-refractivity contribution in [2.24, 2.45) is 5.41 Å². The number of carboxylic acid groups (broad SMARTS) is 1. The van der Waals surface area contributed by atoms with Crippen molar-refractivity contribution in [1.82, 2.24) is 0 Å². The third-order valence-electron chi connectivity index (χ3n) is 4.04. The van der Waals surface area contributed by atoms with Crippen LogP contribution in [0, 0.1) is 11.2 Å². The summed E-state index contributed by atoms with van der Waals surface area (Å²) in [5.41, 5.74) is 2.22. The number of fused-ring (bicyclic) bond motifs is 1. The molecule has 2 aliphatic carbocycles. The molecule has 2 aliphatic rings. The summed E-state index contributed by atoms with van der Waals surface area (Å²) < 4.78 is 13.2. The Morgan fingerprint density at radius 3 is 2.88 bits per heavy atom. The van der Waals surface area contributed by atoms with Gasteiger partial charge in [-0.05, 0) is 47.9 Å². The van der Waals surface area contributed by atoms with E-state index in [-0.39, 0.29) is 23.6 Å². The Kier molecular flexibility index (Phi) is 1.88. The fraction of sp³-hybridized carbons (Fsp3) is 0.462. The SMILES string of the molecule is O=C(O)C[C@H]1c2cc(F)ccc2CC12CC2. The van der Waals surface area contributed by atoms with Crippen LogP contribution in [0.1, 0.15) is 36.3 Å². The Morgan fingerprint density at radius 2 is 2.25 bits per heavy atom. The van der Waals surface area contributed by atoms with Gasteiger partial charge in [0.05, 0.1) is 6.42 Å². The molecule has 0 heterocycles. The summed E-state index contributed by atoms with van der Waals surface area (Å²) in [5.74, 6) is -1.02. The lowest BCUT2D eigenvalue weighted by atomic mass is 9.87. The van der Waals surface area contributed by atoms with E-state index in [0.29, 0.717) is 0 Å². The van der Waals surface area contributed by atoms with Crippen molar-refractivity contribution >= 4 is 5.97 Å². The van der Waals surface area contributed by atoms with Crippen LogP contribution in [0.15, 0.2) is 18.2 Å². The molecular weight excluding hydrogens is 207 g/mol. The predicted molar refractivity (Wildman–Crippen MR) is 56.8 cm³/mol. The highest BCUT2D eigenvalue weighted by Gasteiger charge is 2.54. The third kappa shape index (κ3) is 1.34. The van der Waals surface area contributed by atoms with Crippen LogP contribution in [0.5, 0.6) is 0 Å². The third-order valence-corrected chi connectivity index (χ3v) is 4.04. The van der Waals surface area contributed by atoms with Crippen LogP contribution in [0.3, 0.4) is 0 Å². The smallest absolute Gasteiger partial charge is 0.303 e. The maximum absolute atomic E-state index is 13.2. The van der Waals surface area contributed by atoms with E-state index in [1.165, 1.54) is 12.1 Å². The zero-order chi connectivity index (χ0) is 11.3. The van der Waals surface area contributed by atoms with Crippen molar-refractivity contribution < 1.29 is 14.3 Å². The van der Waals surface area contributed by atoms with E-state index in [4.69, 9.17) is 5.11 Å². The Bertz CT molecular complexity index is 463. The molecule has 3 rings (SSSR count). The first-order valence-electron chi connectivity index (χ1n) is 5.61. The highest BCUT2D eigenvalue weighted by atomic mass is 19.1. The lowest BCUT2D eigenvalue weighted by Crippen LogP contribution is -2.13. The number of halogens is 1. The van der Waals surface area contributed by atoms with Crippen molar-refractivity contribution in [2.45, 2.75) is 31.6 Å². The van der Waals surface area contributed by atoms with Crippen LogP contribution in [0.25, 0.3) is 0 Å². The minimum Gasteiger partial charge on any atom is -0.481 e. The monoisotopic (exact) mass is 220 g/mol. The molecule has 1 spiro atoms. The molecule has 0 amide bonds. The van der Waals surface area contributed by atoms with Gasteiger partial charge in [0, 0.05) is 5.92 Å². The largest absolute Gasteiger partial charge is 0.481 e. The number of rotatable bonds is 2. The number of aliphatic carboxylic acids is 1. The Hall–Kier alpha value is -1.38. The fourth-order valence-corrected chi connectivity index (χ4v) is 3.07. The van der Waals surface area contributed by atoms with E-state index in [2.05, 4.69) is 0 Å². The molecule has 3 heteroatoms. The second kappa shape index (κ2) is 3.06. The maximum Gasteiger partial charge on any atom is 0.303 e. The Balaban J connectivity index is 2.02. The van der Waals surface area contributed by atoms with Crippen molar-refractivity contribution in [3.8, 4) is 0 Å².